The summed E-state index contributed by atoms with van der Waals surface area (Å²) < 4.78 is 5.16. The van der Waals surface area contributed by atoms with Gasteiger partial charge < -0.3 is 20.3 Å². The molecule has 0 radical (unpaired) electrons. The van der Waals surface area contributed by atoms with E-state index in [1.807, 2.05) is 35.2 Å². The van der Waals surface area contributed by atoms with Gasteiger partial charge in [-0.1, -0.05) is 35.9 Å². The first-order valence-corrected chi connectivity index (χ1v) is 9.65. The van der Waals surface area contributed by atoms with Gasteiger partial charge in [-0.2, -0.15) is 0 Å². The standard InChI is InChI=1S/C21H25ClN4O2/c1-23-21(24-11-9-15-7-8-17(28-2)13-18(15)22)25-14-20(27)26-12-10-16-5-3-4-6-19(16)26/h3-8,13H,9-12,14H2,1-2H3,(H2,23,24,25). The van der Waals surface area contributed by atoms with Crippen molar-refractivity contribution in [3.63, 3.8) is 0 Å². The highest BCUT2D eigenvalue weighted by atomic mass is 35.5. The van der Waals surface area contributed by atoms with E-state index in [2.05, 4.69) is 21.7 Å². The number of ether oxygens (including phenoxy) is 1. The molecule has 1 aliphatic rings. The number of halogens is 1. The van der Waals surface area contributed by atoms with Gasteiger partial charge in [0.15, 0.2) is 5.96 Å². The number of methoxy groups -OCH3 is 1. The molecule has 148 valence electrons. The summed E-state index contributed by atoms with van der Waals surface area (Å²) in [5, 5.41) is 6.98. The molecule has 3 rings (SSSR count). The Morgan fingerprint density at radius 1 is 1.25 bits per heavy atom. The minimum absolute atomic E-state index is 0.0334. The molecule has 0 saturated carbocycles. The number of rotatable bonds is 6. The molecule has 0 saturated heterocycles. The Hall–Kier alpha value is -2.73. The number of hydrogen-bond donors (Lipinski definition) is 2. The van der Waals surface area contributed by atoms with Gasteiger partial charge in [-0.3, -0.25) is 9.79 Å². The second kappa shape index (κ2) is 9.46. The van der Waals surface area contributed by atoms with Crippen molar-refractivity contribution in [2.24, 2.45) is 4.99 Å². The van der Waals surface area contributed by atoms with E-state index in [1.165, 1.54) is 5.56 Å². The third-order valence-electron chi connectivity index (χ3n) is 4.77. The Morgan fingerprint density at radius 3 is 2.82 bits per heavy atom. The lowest BCUT2D eigenvalue weighted by atomic mass is 10.1. The van der Waals surface area contributed by atoms with E-state index in [1.54, 1.807) is 20.2 Å². The first-order valence-electron chi connectivity index (χ1n) is 9.27. The Bertz CT molecular complexity index is 869. The summed E-state index contributed by atoms with van der Waals surface area (Å²) in [7, 11) is 3.30. The second-order valence-electron chi connectivity index (χ2n) is 6.48. The van der Waals surface area contributed by atoms with Crippen LogP contribution in [0, 0.1) is 0 Å². The van der Waals surface area contributed by atoms with Crippen LogP contribution in [0.15, 0.2) is 47.5 Å². The third-order valence-corrected chi connectivity index (χ3v) is 5.12. The van der Waals surface area contributed by atoms with Crippen LogP contribution in [0.1, 0.15) is 11.1 Å². The predicted molar refractivity (Wildman–Crippen MR) is 114 cm³/mol. The highest BCUT2D eigenvalue weighted by Crippen LogP contribution is 2.27. The number of amides is 1. The quantitative estimate of drug-likeness (QED) is 0.578. The number of fused-ring (bicyclic) bond motifs is 1. The van der Waals surface area contributed by atoms with Crippen LogP contribution in [0.3, 0.4) is 0 Å². The van der Waals surface area contributed by atoms with Crippen LogP contribution < -0.4 is 20.3 Å². The van der Waals surface area contributed by atoms with E-state index in [4.69, 9.17) is 16.3 Å². The molecular formula is C21H25ClN4O2. The zero-order chi connectivity index (χ0) is 19.9. The minimum atomic E-state index is 0.0334. The largest absolute Gasteiger partial charge is 0.497 e. The average molecular weight is 401 g/mol. The van der Waals surface area contributed by atoms with Crippen molar-refractivity contribution in [3.05, 3.63) is 58.6 Å². The lowest BCUT2D eigenvalue weighted by molar-refractivity contribution is -0.117. The molecule has 0 unspecified atom stereocenters. The maximum absolute atomic E-state index is 12.6. The topological polar surface area (TPSA) is 66.0 Å². The summed E-state index contributed by atoms with van der Waals surface area (Å²) in [6.45, 7) is 1.56. The zero-order valence-corrected chi connectivity index (χ0v) is 16.9. The van der Waals surface area contributed by atoms with Gasteiger partial charge in [0.2, 0.25) is 5.91 Å². The SMILES string of the molecule is CN=C(NCCc1ccc(OC)cc1Cl)NCC(=O)N1CCc2ccccc21. The fourth-order valence-electron chi connectivity index (χ4n) is 3.25. The van der Waals surface area contributed by atoms with Crippen molar-refractivity contribution in [2.75, 3.05) is 38.7 Å². The number of anilines is 1. The van der Waals surface area contributed by atoms with E-state index < -0.39 is 0 Å². The summed E-state index contributed by atoms with van der Waals surface area (Å²) in [5.74, 6) is 1.36. The molecule has 2 aromatic rings. The third kappa shape index (κ3) is 4.75. The van der Waals surface area contributed by atoms with Crippen LogP contribution in [-0.2, 0) is 17.6 Å². The van der Waals surface area contributed by atoms with Crippen molar-refractivity contribution >= 4 is 29.2 Å². The van der Waals surface area contributed by atoms with Crippen LogP contribution in [0.5, 0.6) is 5.75 Å². The van der Waals surface area contributed by atoms with E-state index in [9.17, 15) is 4.79 Å². The molecule has 0 aliphatic carbocycles. The van der Waals surface area contributed by atoms with Gasteiger partial charge >= 0.3 is 0 Å². The molecule has 0 bridgehead atoms. The number of benzene rings is 2. The van der Waals surface area contributed by atoms with Crippen LogP contribution in [0.4, 0.5) is 5.69 Å². The predicted octanol–water partition coefficient (Wildman–Crippen LogP) is 2.65. The van der Waals surface area contributed by atoms with Gasteiger partial charge in [0, 0.05) is 30.8 Å². The van der Waals surface area contributed by atoms with Crippen molar-refractivity contribution < 1.29 is 9.53 Å². The van der Waals surface area contributed by atoms with Crippen LogP contribution >= 0.6 is 11.6 Å². The molecule has 0 atom stereocenters. The first-order chi connectivity index (χ1) is 13.6. The Labute approximate surface area is 170 Å². The Kier molecular flexibility index (Phi) is 6.76. The summed E-state index contributed by atoms with van der Waals surface area (Å²) >= 11 is 6.27. The normalized spacial score (nSPS) is 13.2. The summed E-state index contributed by atoms with van der Waals surface area (Å²) in [4.78, 5) is 18.6. The van der Waals surface area contributed by atoms with Gasteiger partial charge in [0.1, 0.15) is 5.75 Å². The Morgan fingerprint density at radius 2 is 2.07 bits per heavy atom. The lowest BCUT2D eigenvalue weighted by Gasteiger charge is -2.19. The lowest BCUT2D eigenvalue weighted by Crippen LogP contribution is -2.44. The zero-order valence-electron chi connectivity index (χ0n) is 16.2. The molecular weight excluding hydrogens is 376 g/mol. The molecule has 0 aromatic heterocycles. The fraction of sp³-hybridized carbons (Fsp3) is 0.333. The number of aliphatic imine (C=N–C) groups is 1. The van der Waals surface area contributed by atoms with Crippen molar-refractivity contribution in [3.8, 4) is 5.75 Å². The maximum atomic E-state index is 12.6. The average Bonchev–Trinajstić information content (AvgIpc) is 3.15. The van der Waals surface area contributed by atoms with Crippen LogP contribution in [-0.4, -0.2) is 45.7 Å². The number of guanidine groups is 1. The number of nitrogens with one attached hydrogen (secondary N) is 2. The van der Waals surface area contributed by atoms with E-state index in [0.717, 1.165) is 36.4 Å². The number of carbonyl (C=O) groups excluding carboxylic acids is 1. The summed E-state index contributed by atoms with van der Waals surface area (Å²) in [6, 6.07) is 13.7. The smallest absolute Gasteiger partial charge is 0.246 e. The molecule has 0 spiro atoms. The van der Waals surface area contributed by atoms with Gasteiger partial charge in [0.25, 0.3) is 0 Å². The molecule has 2 N–H and O–H groups in total. The minimum Gasteiger partial charge on any atom is -0.497 e. The monoisotopic (exact) mass is 400 g/mol. The number of para-hydroxylation sites is 1. The molecule has 7 heteroatoms. The van der Waals surface area contributed by atoms with Gasteiger partial charge in [-0.15, -0.1) is 0 Å². The fourth-order valence-corrected chi connectivity index (χ4v) is 3.51. The first kappa shape index (κ1) is 20.0. The van der Waals surface area contributed by atoms with Crippen molar-refractivity contribution in [2.45, 2.75) is 12.8 Å². The number of carbonyl (C=O) groups is 1. The Balaban J connectivity index is 1.47. The van der Waals surface area contributed by atoms with Gasteiger partial charge in [-0.05, 0) is 42.2 Å². The number of nitrogens with zero attached hydrogens (tertiary/aromatic N) is 2. The van der Waals surface area contributed by atoms with Gasteiger partial charge in [0.05, 0.1) is 13.7 Å². The van der Waals surface area contributed by atoms with Crippen molar-refractivity contribution in [1.82, 2.24) is 10.6 Å². The highest BCUT2D eigenvalue weighted by Gasteiger charge is 2.23. The molecule has 1 heterocycles. The molecule has 1 amide bonds. The molecule has 28 heavy (non-hydrogen) atoms. The maximum Gasteiger partial charge on any atom is 0.246 e. The van der Waals surface area contributed by atoms with Crippen LogP contribution in [0.2, 0.25) is 5.02 Å². The highest BCUT2D eigenvalue weighted by molar-refractivity contribution is 6.31. The number of hydrogen-bond acceptors (Lipinski definition) is 3. The van der Waals surface area contributed by atoms with E-state index >= 15 is 0 Å². The molecule has 6 nitrogen and oxygen atoms in total. The van der Waals surface area contributed by atoms with Gasteiger partial charge in [-0.25, -0.2) is 0 Å². The van der Waals surface area contributed by atoms with Crippen molar-refractivity contribution in [1.29, 1.82) is 0 Å². The second-order valence-corrected chi connectivity index (χ2v) is 6.89. The molecule has 2 aromatic carbocycles. The summed E-state index contributed by atoms with van der Waals surface area (Å²) in [5.41, 5.74) is 3.25. The van der Waals surface area contributed by atoms with Crippen LogP contribution in [0.25, 0.3) is 0 Å². The molecule has 0 fully saturated rings. The summed E-state index contributed by atoms with van der Waals surface area (Å²) in [6.07, 6.45) is 1.63. The van der Waals surface area contributed by atoms with E-state index in [0.29, 0.717) is 17.5 Å². The van der Waals surface area contributed by atoms with E-state index in [-0.39, 0.29) is 12.5 Å². The molecule has 1 aliphatic heterocycles.